The number of nitrogens with zero attached hydrogens (tertiary/aromatic N) is 1. The predicted octanol–water partition coefficient (Wildman–Crippen LogP) is 3.63. The molecule has 0 bridgehead atoms. The van der Waals surface area contributed by atoms with Crippen molar-refractivity contribution in [1.29, 1.82) is 0 Å². The van der Waals surface area contributed by atoms with E-state index in [1.165, 1.54) is 12.8 Å². The molecule has 0 aliphatic heterocycles. The van der Waals surface area contributed by atoms with Gasteiger partial charge in [-0.05, 0) is 51.1 Å². The molecule has 1 aromatic rings. The Balaban J connectivity index is 2.55. The first kappa shape index (κ1) is 17.0. The number of aliphatic hydroxyl groups excluding tert-OH is 1. The maximum atomic E-state index is 10.3. The third-order valence-corrected chi connectivity index (χ3v) is 3.34. The lowest BCUT2D eigenvalue weighted by molar-refractivity contribution is 0.115. The average Bonchev–Trinajstić information content (AvgIpc) is 2.43. The van der Waals surface area contributed by atoms with Crippen LogP contribution in [0.1, 0.15) is 52.2 Å². The van der Waals surface area contributed by atoms with Gasteiger partial charge in [0, 0.05) is 6.54 Å². The molecule has 3 heteroatoms. The van der Waals surface area contributed by atoms with Crippen LogP contribution in [0.25, 0.3) is 0 Å². The molecule has 20 heavy (non-hydrogen) atoms. The topological polar surface area (TPSA) is 32.7 Å². The van der Waals surface area contributed by atoms with Crippen LogP contribution in [0.3, 0.4) is 0 Å². The largest absolute Gasteiger partial charge is 0.491 e. The first-order chi connectivity index (χ1) is 9.56. The normalized spacial score (nSPS) is 12.9. The van der Waals surface area contributed by atoms with Gasteiger partial charge in [-0.15, -0.1) is 0 Å². The summed E-state index contributed by atoms with van der Waals surface area (Å²) in [6.07, 6.45) is 2.12. The van der Waals surface area contributed by atoms with Crippen LogP contribution >= 0.6 is 0 Å². The number of hydrogen-bond acceptors (Lipinski definition) is 3. The molecule has 1 aromatic carbocycles. The number of aliphatic hydroxyl groups is 1. The van der Waals surface area contributed by atoms with Crippen molar-refractivity contribution in [3.05, 3.63) is 29.8 Å². The zero-order valence-electron chi connectivity index (χ0n) is 13.3. The minimum absolute atomic E-state index is 0.176. The molecular weight excluding hydrogens is 250 g/mol. The Labute approximate surface area is 123 Å². The lowest BCUT2D eigenvalue weighted by atomic mass is 10.1. The lowest BCUT2D eigenvalue weighted by Crippen LogP contribution is -2.29. The summed E-state index contributed by atoms with van der Waals surface area (Å²) in [7, 11) is 0. The Morgan fingerprint density at radius 2 is 1.80 bits per heavy atom. The fourth-order valence-corrected chi connectivity index (χ4v) is 2.15. The zero-order chi connectivity index (χ0) is 15.0. The van der Waals surface area contributed by atoms with Gasteiger partial charge in [0.1, 0.15) is 5.75 Å². The summed E-state index contributed by atoms with van der Waals surface area (Å²) in [5.41, 5.74) is 0.955. The molecule has 0 saturated carbocycles. The Morgan fingerprint density at radius 3 is 2.30 bits per heavy atom. The fourth-order valence-electron chi connectivity index (χ4n) is 2.15. The van der Waals surface area contributed by atoms with Crippen molar-refractivity contribution in [2.75, 3.05) is 19.6 Å². The van der Waals surface area contributed by atoms with Gasteiger partial charge in [0.15, 0.2) is 0 Å². The second-order valence-corrected chi connectivity index (χ2v) is 5.50. The standard InChI is InChI=1S/C17H29NO2/c1-5-7-12-18(6-2)13-17(19)15-8-10-16(11-9-15)20-14(3)4/h8-11,14,17,19H,5-7,12-13H2,1-4H3. The van der Waals surface area contributed by atoms with E-state index in [1.54, 1.807) is 0 Å². The smallest absolute Gasteiger partial charge is 0.119 e. The number of hydrogen-bond donors (Lipinski definition) is 1. The number of ether oxygens (including phenoxy) is 1. The molecule has 3 nitrogen and oxygen atoms in total. The third kappa shape index (κ3) is 5.93. The maximum absolute atomic E-state index is 10.3. The third-order valence-electron chi connectivity index (χ3n) is 3.34. The Hall–Kier alpha value is -1.06. The van der Waals surface area contributed by atoms with Crippen molar-refractivity contribution < 1.29 is 9.84 Å². The Morgan fingerprint density at radius 1 is 1.15 bits per heavy atom. The van der Waals surface area contributed by atoms with E-state index in [9.17, 15) is 5.11 Å². The van der Waals surface area contributed by atoms with E-state index in [0.717, 1.165) is 24.4 Å². The van der Waals surface area contributed by atoms with Crippen LogP contribution in [-0.4, -0.2) is 35.7 Å². The van der Waals surface area contributed by atoms with Gasteiger partial charge in [0.25, 0.3) is 0 Å². The molecule has 0 spiro atoms. The second kappa shape index (κ2) is 8.98. The highest BCUT2D eigenvalue weighted by Gasteiger charge is 2.12. The van der Waals surface area contributed by atoms with Crippen LogP contribution in [0.5, 0.6) is 5.75 Å². The zero-order valence-corrected chi connectivity index (χ0v) is 13.3. The quantitative estimate of drug-likeness (QED) is 0.749. The van der Waals surface area contributed by atoms with Crippen LogP contribution in [-0.2, 0) is 0 Å². The first-order valence-corrected chi connectivity index (χ1v) is 7.73. The summed E-state index contributed by atoms with van der Waals surface area (Å²) < 4.78 is 5.61. The highest BCUT2D eigenvalue weighted by atomic mass is 16.5. The monoisotopic (exact) mass is 279 g/mol. The fraction of sp³-hybridized carbons (Fsp3) is 0.647. The number of unbranched alkanes of at least 4 members (excludes halogenated alkanes) is 1. The molecule has 1 atom stereocenters. The first-order valence-electron chi connectivity index (χ1n) is 7.73. The summed E-state index contributed by atoms with van der Waals surface area (Å²) in [6.45, 7) is 11.1. The molecular formula is C17H29NO2. The van der Waals surface area contributed by atoms with Crippen LogP contribution < -0.4 is 4.74 Å². The van der Waals surface area contributed by atoms with E-state index in [-0.39, 0.29) is 6.10 Å². The molecule has 0 saturated heterocycles. The molecule has 1 N–H and O–H groups in total. The van der Waals surface area contributed by atoms with Crippen molar-refractivity contribution in [2.24, 2.45) is 0 Å². The molecule has 0 aromatic heterocycles. The molecule has 0 aliphatic rings. The number of rotatable bonds is 9. The van der Waals surface area contributed by atoms with Crippen LogP contribution in [0, 0.1) is 0 Å². The van der Waals surface area contributed by atoms with Crippen molar-refractivity contribution >= 4 is 0 Å². The van der Waals surface area contributed by atoms with Gasteiger partial charge in [0.05, 0.1) is 12.2 Å². The van der Waals surface area contributed by atoms with Crippen molar-refractivity contribution in [2.45, 2.75) is 52.7 Å². The average molecular weight is 279 g/mol. The molecule has 1 rings (SSSR count). The lowest BCUT2D eigenvalue weighted by Gasteiger charge is -2.23. The molecule has 114 valence electrons. The summed E-state index contributed by atoms with van der Waals surface area (Å²) in [6, 6.07) is 7.77. The SMILES string of the molecule is CCCCN(CC)CC(O)c1ccc(OC(C)C)cc1. The van der Waals surface area contributed by atoms with E-state index in [2.05, 4.69) is 18.7 Å². The van der Waals surface area contributed by atoms with Crippen molar-refractivity contribution in [3.63, 3.8) is 0 Å². The van der Waals surface area contributed by atoms with E-state index in [1.807, 2.05) is 38.1 Å². The Bertz CT molecular complexity index is 362. The molecule has 0 heterocycles. The van der Waals surface area contributed by atoms with Crippen LogP contribution in [0.2, 0.25) is 0 Å². The van der Waals surface area contributed by atoms with Crippen molar-refractivity contribution in [1.82, 2.24) is 4.90 Å². The van der Waals surface area contributed by atoms with Crippen molar-refractivity contribution in [3.8, 4) is 5.75 Å². The van der Waals surface area contributed by atoms with E-state index in [0.29, 0.717) is 6.54 Å². The van der Waals surface area contributed by atoms with Gasteiger partial charge < -0.3 is 14.7 Å². The van der Waals surface area contributed by atoms with E-state index in [4.69, 9.17) is 4.74 Å². The minimum Gasteiger partial charge on any atom is -0.491 e. The number of benzene rings is 1. The molecule has 0 fully saturated rings. The summed E-state index contributed by atoms with van der Waals surface area (Å²) in [5, 5.41) is 10.3. The van der Waals surface area contributed by atoms with Gasteiger partial charge >= 0.3 is 0 Å². The van der Waals surface area contributed by atoms with Crippen LogP contribution in [0.15, 0.2) is 24.3 Å². The summed E-state index contributed by atoms with van der Waals surface area (Å²) in [4.78, 5) is 2.30. The number of likely N-dealkylation sites (N-methyl/N-ethyl adjacent to an activating group) is 1. The molecule has 0 amide bonds. The van der Waals surface area contributed by atoms with Gasteiger partial charge in [0.2, 0.25) is 0 Å². The highest BCUT2D eigenvalue weighted by molar-refractivity contribution is 5.28. The van der Waals surface area contributed by atoms with E-state index >= 15 is 0 Å². The second-order valence-electron chi connectivity index (χ2n) is 5.50. The van der Waals surface area contributed by atoms with Gasteiger partial charge in [-0.2, -0.15) is 0 Å². The summed E-state index contributed by atoms with van der Waals surface area (Å²) >= 11 is 0. The molecule has 0 aliphatic carbocycles. The van der Waals surface area contributed by atoms with Crippen LogP contribution in [0.4, 0.5) is 0 Å². The van der Waals surface area contributed by atoms with E-state index < -0.39 is 6.10 Å². The van der Waals surface area contributed by atoms with Gasteiger partial charge in [-0.25, -0.2) is 0 Å². The minimum atomic E-state index is -0.431. The molecule has 0 radical (unpaired) electrons. The predicted molar refractivity (Wildman–Crippen MR) is 84.2 cm³/mol. The molecule has 1 unspecified atom stereocenters. The van der Waals surface area contributed by atoms with Gasteiger partial charge in [-0.1, -0.05) is 32.4 Å². The van der Waals surface area contributed by atoms with Gasteiger partial charge in [-0.3, -0.25) is 0 Å². The maximum Gasteiger partial charge on any atom is 0.119 e. The summed E-state index contributed by atoms with van der Waals surface area (Å²) in [5.74, 6) is 0.856. The Kier molecular flexibility index (Phi) is 7.63. The highest BCUT2D eigenvalue weighted by Crippen LogP contribution is 2.19.